The average Bonchev–Trinajstić information content (AvgIpc) is 0. The van der Waals surface area contributed by atoms with E-state index in [9.17, 15) is 0 Å². The quantitative estimate of drug-likeness (QED) is 0.447. The third-order valence-electron chi connectivity index (χ3n) is 0. The van der Waals surface area contributed by atoms with Gasteiger partial charge in [-0.25, -0.2) is 0 Å². The van der Waals surface area contributed by atoms with Crippen LogP contribution in [0.4, 0.5) is 0 Å². The maximum Gasteiger partial charge on any atom is 0 e. The van der Waals surface area contributed by atoms with Crippen LogP contribution >= 0.6 is 0 Å². The Hall–Kier alpha value is 1.53. The van der Waals surface area contributed by atoms with Crippen LogP contribution in [0.5, 0.6) is 0 Å². The second-order valence-electron chi connectivity index (χ2n) is 0. The summed E-state index contributed by atoms with van der Waals surface area (Å²) in [6.07, 6.45) is 0. The fraction of sp³-hybridized carbons (Fsp3) is 0. The van der Waals surface area contributed by atoms with Gasteiger partial charge in [-0.05, 0) is 0 Å². The van der Waals surface area contributed by atoms with Crippen LogP contribution in [0.25, 0.3) is 0 Å². The molecule has 0 saturated carbocycles. The van der Waals surface area contributed by atoms with Crippen LogP contribution in [0, 0.1) is 0 Å². The van der Waals surface area contributed by atoms with E-state index in [1.165, 1.54) is 0 Å². The van der Waals surface area contributed by atoms with Crippen molar-refractivity contribution in [3.05, 3.63) is 0 Å². The molecule has 26 valence electrons. The predicted molar refractivity (Wildman–Crippen MR) is 2.13 cm³/mol. The molecule has 0 saturated heterocycles. The smallest absolute Gasteiger partial charge is 0 e. The van der Waals surface area contributed by atoms with E-state index in [-0.39, 0.29) is 57.6 Å². The van der Waals surface area contributed by atoms with Crippen molar-refractivity contribution >= 4 is 0 Å². The van der Waals surface area contributed by atoms with Gasteiger partial charge in [-0.1, -0.05) is 0 Å². The van der Waals surface area contributed by atoms with Gasteiger partial charge >= 0.3 is 0 Å². The zero-order chi connectivity index (χ0) is 0. The van der Waals surface area contributed by atoms with Crippen molar-refractivity contribution in [1.82, 2.24) is 6.15 Å². The molecule has 0 heterocycles. The first-order chi connectivity index (χ1) is 0. The Morgan fingerprint density at radius 3 is 1.00 bits per heavy atom. The fourth-order valence-electron chi connectivity index (χ4n) is 0. The van der Waals surface area contributed by atoms with Crippen LogP contribution in [0.3, 0.4) is 0 Å². The Balaban J connectivity index is 0. The SMILES string of the molecule is [Cr].[Fe].[Mn].[N]. The van der Waals surface area contributed by atoms with E-state index < -0.39 is 0 Å². The van der Waals surface area contributed by atoms with Crippen molar-refractivity contribution in [1.29, 1.82) is 0 Å². The fourth-order valence-corrected chi connectivity index (χ4v) is 0. The summed E-state index contributed by atoms with van der Waals surface area (Å²) < 4.78 is 0. The van der Waals surface area contributed by atoms with E-state index in [4.69, 9.17) is 0 Å². The molecule has 0 aromatic heterocycles. The third kappa shape index (κ3) is 9.65. The molecular formula is CrFeMnN. The molecule has 1 nitrogen and oxygen atoms in total. The van der Waals surface area contributed by atoms with E-state index in [0.29, 0.717) is 0 Å². The molecule has 0 atom stereocenters. The monoisotopic (exact) mass is 177 g/mol. The van der Waals surface area contributed by atoms with E-state index >= 15 is 0 Å². The van der Waals surface area contributed by atoms with E-state index in [1.807, 2.05) is 0 Å². The van der Waals surface area contributed by atoms with E-state index in [2.05, 4.69) is 0 Å². The van der Waals surface area contributed by atoms with Gasteiger partial charge in [0.1, 0.15) is 0 Å². The second-order valence-corrected chi connectivity index (χ2v) is 0. The summed E-state index contributed by atoms with van der Waals surface area (Å²) in [5.41, 5.74) is 0. The maximum absolute atomic E-state index is 0. The molecule has 0 aromatic carbocycles. The third-order valence-corrected chi connectivity index (χ3v) is 0. The summed E-state index contributed by atoms with van der Waals surface area (Å²) in [6, 6.07) is 0. The minimum absolute atomic E-state index is 0. The molecule has 0 aromatic rings. The Morgan fingerprint density at radius 2 is 1.00 bits per heavy atom. The summed E-state index contributed by atoms with van der Waals surface area (Å²) >= 11 is 0. The molecular weight excluding hydrogens is 177 g/mol. The van der Waals surface area contributed by atoms with Gasteiger partial charge in [-0.2, -0.15) is 0 Å². The van der Waals surface area contributed by atoms with Gasteiger partial charge in [0.05, 0.1) is 0 Å². The molecule has 0 aliphatic heterocycles. The summed E-state index contributed by atoms with van der Waals surface area (Å²) in [6.45, 7) is 0. The van der Waals surface area contributed by atoms with Gasteiger partial charge in [-0.3, -0.25) is 0 Å². The number of rotatable bonds is 0. The van der Waals surface area contributed by atoms with Crippen molar-refractivity contribution in [2.45, 2.75) is 0 Å². The largest absolute Gasteiger partial charge is 0 e. The van der Waals surface area contributed by atoms with Crippen LogP contribution in [-0.2, 0) is 51.5 Å². The van der Waals surface area contributed by atoms with Crippen LogP contribution < -0.4 is 6.15 Å². The van der Waals surface area contributed by atoms with Crippen LogP contribution in [0.1, 0.15) is 0 Å². The summed E-state index contributed by atoms with van der Waals surface area (Å²) in [5, 5.41) is 0. The molecule has 0 amide bonds. The Labute approximate surface area is 57.6 Å². The zero-order valence-electron chi connectivity index (χ0n) is 1.59. The number of hydrogen-bond donors (Lipinski definition) is 0. The van der Waals surface area contributed by atoms with Crippen molar-refractivity contribution in [2.24, 2.45) is 0 Å². The van der Waals surface area contributed by atoms with E-state index in [1.54, 1.807) is 0 Å². The molecule has 0 aliphatic carbocycles. The first-order valence-corrected chi connectivity index (χ1v) is 0. The normalized spacial score (nSPS) is 0. The molecule has 4 radical (unpaired) electrons. The zero-order valence-corrected chi connectivity index (χ0v) is 5.15. The van der Waals surface area contributed by atoms with Crippen LogP contribution in [0.15, 0.2) is 0 Å². The summed E-state index contributed by atoms with van der Waals surface area (Å²) in [4.78, 5) is 0. The minimum Gasteiger partial charge on any atom is 0 e. The average molecular weight is 177 g/mol. The standard InChI is InChI=1S/Cr.Fe.Mn.N. The maximum atomic E-state index is 0. The molecule has 0 rings (SSSR count). The number of nitrogens with zero attached hydrogens (tertiary/aromatic N) is 1. The molecule has 0 bridgehead atoms. The minimum atomic E-state index is 0. The Kier molecular flexibility index (Phi) is 292. The van der Waals surface area contributed by atoms with Gasteiger partial charge in [0.25, 0.3) is 0 Å². The van der Waals surface area contributed by atoms with Crippen molar-refractivity contribution in [2.75, 3.05) is 0 Å². The van der Waals surface area contributed by atoms with Gasteiger partial charge in [0.2, 0.25) is 0 Å². The molecule has 0 unspecified atom stereocenters. The van der Waals surface area contributed by atoms with Crippen molar-refractivity contribution < 1.29 is 51.5 Å². The summed E-state index contributed by atoms with van der Waals surface area (Å²) in [7, 11) is 0. The molecule has 0 spiro atoms. The van der Waals surface area contributed by atoms with Crippen LogP contribution in [-0.4, -0.2) is 0 Å². The number of hydrogen-bond acceptors (Lipinski definition) is 0. The van der Waals surface area contributed by atoms with Gasteiger partial charge < -0.3 is 0 Å². The van der Waals surface area contributed by atoms with Crippen molar-refractivity contribution in [3.63, 3.8) is 0 Å². The topological polar surface area (TPSA) is 30.5 Å². The van der Waals surface area contributed by atoms with Gasteiger partial charge in [0.15, 0.2) is 0 Å². The predicted octanol–water partition coefficient (Wildman–Crippen LogP) is -0.488. The summed E-state index contributed by atoms with van der Waals surface area (Å²) in [5.74, 6) is 0. The first-order valence-electron chi connectivity index (χ1n) is 0. The molecule has 4 heavy (non-hydrogen) atoms. The van der Waals surface area contributed by atoms with Crippen LogP contribution in [0.2, 0.25) is 0 Å². The Morgan fingerprint density at radius 1 is 1.00 bits per heavy atom. The molecule has 4 heteroatoms. The molecule has 0 aliphatic rings. The van der Waals surface area contributed by atoms with Crippen molar-refractivity contribution in [3.8, 4) is 0 Å². The second kappa shape index (κ2) is 24.1. The first kappa shape index (κ1) is 48.4. The van der Waals surface area contributed by atoms with Gasteiger partial charge in [-0.15, -0.1) is 0 Å². The Bertz CT molecular complexity index is 8.00. The molecule has 0 N–H and O–H groups in total. The molecule has 0 fully saturated rings. The van der Waals surface area contributed by atoms with E-state index in [0.717, 1.165) is 0 Å². The van der Waals surface area contributed by atoms with Gasteiger partial charge in [0, 0.05) is 57.6 Å².